The summed E-state index contributed by atoms with van der Waals surface area (Å²) < 4.78 is 0. The molecule has 2 rings (SSSR count). The second-order valence-corrected chi connectivity index (χ2v) is 6.66. The number of nitrogens with zero attached hydrogens (tertiary/aromatic N) is 3. The summed E-state index contributed by atoms with van der Waals surface area (Å²) in [6.07, 6.45) is 5.28. The van der Waals surface area contributed by atoms with Crippen molar-refractivity contribution in [2.75, 3.05) is 18.0 Å². The fraction of sp³-hybridized carbons (Fsp3) is 0.667. The average Bonchev–Trinajstić information content (AvgIpc) is 2.47. The summed E-state index contributed by atoms with van der Waals surface area (Å²) in [6.45, 7) is 7.63. The van der Waals surface area contributed by atoms with E-state index in [4.69, 9.17) is 5.73 Å². The molecule has 0 radical (unpaired) electrons. The molecular weight excluding hydrogens is 266 g/mol. The number of piperidine rings is 1. The predicted octanol–water partition coefficient (Wildman–Crippen LogP) is 0.935. The Morgan fingerprint density at radius 2 is 1.90 bits per heavy atom. The van der Waals surface area contributed by atoms with E-state index in [-0.39, 0.29) is 17.4 Å². The minimum atomic E-state index is -0.479. The smallest absolute Gasteiger partial charge is 0.237 e. The first kappa shape index (κ1) is 15.7. The molecule has 116 valence electrons. The van der Waals surface area contributed by atoms with E-state index < -0.39 is 6.04 Å². The van der Waals surface area contributed by atoms with Crippen molar-refractivity contribution in [1.29, 1.82) is 0 Å². The van der Waals surface area contributed by atoms with E-state index in [2.05, 4.69) is 20.2 Å². The minimum Gasteiger partial charge on any atom is -0.352 e. The van der Waals surface area contributed by atoms with Crippen LogP contribution in [0, 0.1) is 5.41 Å². The highest BCUT2D eigenvalue weighted by atomic mass is 16.2. The lowest BCUT2D eigenvalue weighted by Crippen LogP contribution is -2.53. The average molecular weight is 291 g/mol. The maximum atomic E-state index is 12.1. The van der Waals surface area contributed by atoms with Crippen molar-refractivity contribution in [3.8, 4) is 0 Å². The van der Waals surface area contributed by atoms with Crippen LogP contribution in [0.5, 0.6) is 0 Å². The molecule has 0 unspecified atom stereocenters. The molecule has 6 nitrogen and oxygen atoms in total. The van der Waals surface area contributed by atoms with Crippen LogP contribution in [0.2, 0.25) is 0 Å². The number of amides is 1. The van der Waals surface area contributed by atoms with Gasteiger partial charge in [0.15, 0.2) is 0 Å². The first-order valence-corrected chi connectivity index (χ1v) is 7.46. The van der Waals surface area contributed by atoms with Gasteiger partial charge in [-0.25, -0.2) is 9.97 Å². The van der Waals surface area contributed by atoms with Crippen molar-refractivity contribution in [1.82, 2.24) is 15.3 Å². The molecule has 2 heterocycles. The Labute approximate surface area is 126 Å². The summed E-state index contributed by atoms with van der Waals surface area (Å²) in [7, 11) is 0. The summed E-state index contributed by atoms with van der Waals surface area (Å²) in [5.74, 6) is 0.700. The maximum Gasteiger partial charge on any atom is 0.237 e. The molecule has 0 saturated carbocycles. The Morgan fingerprint density at radius 3 is 2.43 bits per heavy atom. The highest BCUT2D eigenvalue weighted by molar-refractivity contribution is 5.82. The van der Waals surface area contributed by atoms with E-state index in [0.29, 0.717) is 0 Å². The number of nitrogens with one attached hydrogen (secondary N) is 1. The van der Waals surface area contributed by atoms with Gasteiger partial charge < -0.3 is 16.0 Å². The zero-order valence-electron chi connectivity index (χ0n) is 13.0. The number of hydrogen-bond acceptors (Lipinski definition) is 5. The van der Waals surface area contributed by atoms with Crippen molar-refractivity contribution in [2.24, 2.45) is 11.1 Å². The van der Waals surface area contributed by atoms with Crippen molar-refractivity contribution in [3.05, 3.63) is 18.5 Å². The minimum absolute atomic E-state index is 0.0584. The molecule has 1 aliphatic rings. The highest BCUT2D eigenvalue weighted by Crippen LogP contribution is 2.19. The number of aromatic nitrogens is 2. The van der Waals surface area contributed by atoms with Crippen LogP contribution in [0.4, 0.5) is 5.95 Å². The van der Waals surface area contributed by atoms with Gasteiger partial charge in [-0.15, -0.1) is 0 Å². The van der Waals surface area contributed by atoms with Crippen LogP contribution in [0.1, 0.15) is 33.6 Å². The third-order valence-corrected chi connectivity index (χ3v) is 3.89. The number of anilines is 1. The van der Waals surface area contributed by atoms with Gasteiger partial charge in [-0.2, -0.15) is 0 Å². The van der Waals surface area contributed by atoms with Crippen LogP contribution in [0.3, 0.4) is 0 Å². The summed E-state index contributed by atoms with van der Waals surface area (Å²) in [5.41, 5.74) is 5.77. The van der Waals surface area contributed by atoms with Gasteiger partial charge >= 0.3 is 0 Å². The number of carbonyl (C=O) groups excluding carboxylic acids is 1. The van der Waals surface area contributed by atoms with Crippen molar-refractivity contribution in [2.45, 2.75) is 45.7 Å². The zero-order valence-corrected chi connectivity index (χ0v) is 13.0. The van der Waals surface area contributed by atoms with E-state index in [0.717, 1.165) is 31.9 Å². The third-order valence-electron chi connectivity index (χ3n) is 3.89. The molecule has 1 atom stereocenters. The predicted molar refractivity (Wildman–Crippen MR) is 82.8 cm³/mol. The fourth-order valence-corrected chi connectivity index (χ4v) is 2.36. The van der Waals surface area contributed by atoms with Gasteiger partial charge in [0.1, 0.15) is 0 Å². The van der Waals surface area contributed by atoms with Crippen LogP contribution in [0.15, 0.2) is 18.5 Å². The highest BCUT2D eigenvalue weighted by Gasteiger charge is 2.30. The van der Waals surface area contributed by atoms with Crippen LogP contribution >= 0.6 is 0 Å². The largest absolute Gasteiger partial charge is 0.352 e. The molecule has 3 N–H and O–H groups in total. The molecule has 0 bridgehead atoms. The van der Waals surface area contributed by atoms with Gasteiger partial charge in [-0.05, 0) is 24.3 Å². The van der Waals surface area contributed by atoms with Gasteiger partial charge in [0, 0.05) is 31.5 Å². The van der Waals surface area contributed by atoms with Crippen molar-refractivity contribution >= 4 is 11.9 Å². The van der Waals surface area contributed by atoms with Crippen LogP contribution in [-0.4, -0.2) is 41.0 Å². The molecule has 1 aliphatic heterocycles. The molecule has 1 saturated heterocycles. The number of hydrogen-bond donors (Lipinski definition) is 2. The molecule has 0 aromatic carbocycles. The first-order valence-electron chi connectivity index (χ1n) is 7.46. The summed E-state index contributed by atoms with van der Waals surface area (Å²) >= 11 is 0. The second kappa shape index (κ2) is 6.39. The lowest BCUT2D eigenvalue weighted by atomic mass is 9.86. The van der Waals surface area contributed by atoms with E-state index in [9.17, 15) is 4.79 Å². The molecule has 0 spiro atoms. The molecule has 1 aromatic heterocycles. The number of rotatable bonds is 3. The van der Waals surface area contributed by atoms with Crippen LogP contribution < -0.4 is 16.0 Å². The Hall–Kier alpha value is -1.69. The standard InChI is InChI=1S/C15H25N5O/c1-15(2,3)12(16)13(21)19-11-5-9-20(10-6-11)14-17-7-4-8-18-14/h4,7-8,11-12H,5-6,9-10,16H2,1-3H3,(H,19,21)/t12-/m0/s1. The Bertz CT molecular complexity index is 463. The molecule has 1 amide bonds. The normalized spacial score (nSPS) is 18.4. The Morgan fingerprint density at radius 1 is 1.33 bits per heavy atom. The van der Waals surface area contributed by atoms with E-state index >= 15 is 0 Å². The topological polar surface area (TPSA) is 84.1 Å². The molecule has 6 heteroatoms. The molecule has 1 aromatic rings. The number of nitrogens with two attached hydrogens (primary N) is 1. The maximum absolute atomic E-state index is 12.1. The third kappa shape index (κ3) is 4.14. The summed E-state index contributed by atoms with van der Waals surface area (Å²) in [4.78, 5) is 22.8. The summed E-state index contributed by atoms with van der Waals surface area (Å²) in [6, 6.07) is 1.52. The molecule has 21 heavy (non-hydrogen) atoms. The SMILES string of the molecule is CC(C)(C)[C@@H](N)C(=O)NC1CCN(c2ncccn2)CC1. The lowest BCUT2D eigenvalue weighted by molar-refractivity contribution is -0.125. The Kier molecular flexibility index (Phi) is 4.77. The first-order chi connectivity index (χ1) is 9.88. The van der Waals surface area contributed by atoms with Crippen molar-refractivity contribution < 1.29 is 4.79 Å². The van der Waals surface area contributed by atoms with Gasteiger partial charge in [0.25, 0.3) is 0 Å². The van der Waals surface area contributed by atoms with Crippen LogP contribution in [0.25, 0.3) is 0 Å². The molecule has 1 fully saturated rings. The van der Waals surface area contributed by atoms with Gasteiger partial charge in [-0.3, -0.25) is 4.79 Å². The monoisotopic (exact) mass is 291 g/mol. The Balaban J connectivity index is 1.83. The van der Waals surface area contributed by atoms with Gasteiger partial charge in [-0.1, -0.05) is 20.8 Å². The van der Waals surface area contributed by atoms with E-state index in [1.165, 1.54) is 0 Å². The van der Waals surface area contributed by atoms with E-state index in [1.54, 1.807) is 12.4 Å². The van der Waals surface area contributed by atoms with E-state index in [1.807, 2.05) is 26.8 Å². The van der Waals surface area contributed by atoms with Crippen molar-refractivity contribution in [3.63, 3.8) is 0 Å². The summed E-state index contributed by atoms with van der Waals surface area (Å²) in [5, 5.41) is 3.07. The van der Waals surface area contributed by atoms with Gasteiger partial charge in [0.2, 0.25) is 11.9 Å². The second-order valence-electron chi connectivity index (χ2n) is 6.66. The molecular formula is C15H25N5O. The molecule has 0 aliphatic carbocycles. The van der Waals surface area contributed by atoms with Crippen LogP contribution in [-0.2, 0) is 4.79 Å². The lowest BCUT2D eigenvalue weighted by Gasteiger charge is -2.34. The zero-order chi connectivity index (χ0) is 15.5. The fourth-order valence-electron chi connectivity index (χ4n) is 2.36. The quantitative estimate of drug-likeness (QED) is 0.865. The van der Waals surface area contributed by atoms with Gasteiger partial charge in [0.05, 0.1) is 6.04 Å². The number of carbonyl (C=O) groups is 1.